The molecule has 4 nitrogen and oxygen atoms in total. The summed E-state index contributed by atoms with van der Waals surface area (Å²) in [5.41, 5.74) is 3.04. The van der Waals surface area contributed by atoms with E-state index >= 15 is 0 Å². The largest absolute Gasteiger partial charge is 0.445 e. The first-order chi connectivity index (χ1) is 12.2. The lowest BCUT2D eigenvalue weighted by Gasteiger charge is -2.33. The molecule has 1 saturated heterocycles. The summed E-state index contributed by atoms with van der Waals surface area (Å²) in [5.74, 6) is -0.478. The monoisotopic (exact) mass is 338 g/mol. The van der Waals surface area contributed by atoms with Crippen LogP contribution in [0.2, 0.25) is 0 Å². The van der Waals surface area contributed by atoms with Crippen LogP contribution in [-0.2, 0) is 11.3 Å². The maximum atomic E-state index is 13.0. The van der Waals surface area contributed by atoms with Crippen molar-refractivity contribution in [2.45, 2.75) is 38.0 Å². The molecule has 0 spiro atoms. The smallest absolute Gasteiger partial charge is 0.410 e. The molecular formula is C20H19FN2O2. The molecule has 2 atom stereocenters. The third kappa shape index (κ3) is 3.27. The van der Waals surface area contributed by atoms with E-state index < -0.39 is 5.95 Å². The second kappa shape index (κ2) is 6.67. The normalized spacial score (nSPS) is 21.8. The number of aromatic nitrogens is 1. The molecule has 0 aliphatic carbocycles. The summed E-state index contributed by atoms with van der Waals surface area (Å²) in [6.45, 7) is 0.286. The molecule has 0 radical (unpaired) electrons. The quantitative estimate of drug-likeness (QED) is 0.789. The van der Waals surface area contributed by atoms with Crippen molar-refractivity contribution in [1.82, 2.24) is 9.88 Å². The number of halogens is 1. The van der Waals surface area contributed by atoms with E-state index in [1.165, 1.54) is 6.07 Å². The average molecular weight is 338 g/mol. The Morgan fingerprint density at radius 2 is 2.04 bits per heavy atom. The molecule has 128 valence electrons. The topological polar surface area (TPSA) is 42.4 Å². The summed E-state index contributed by atoms with van der Waals surface area (Å²) in [5, 5.41) is 0. The van der Waals surface area contributed by atoms with E-state index in [1.54, 1.807) is 12.3 Å². The van der Waals surface area contributed by atoms with Gasteiger partial charge in [0.05, 0.1) is 6.04 Å². The van der Waals surface area contributed by atoms with Crippen molar-refractivity contribution in [2.75, 3.05) is 0 Å². The third-order valence-corrected chi connectivity index (χ3v) is 4.91. The van der Waals surface area contributed by atoms with Gasteiger partial charge >= 0.3 is 6.09 Å². The van der Waals surface area contributed by atoms with E-state index in [9.17, 15) is 9.18 Å². The van der Waals surface area contributed by atoms with Crippen LogP contribution in [0.3, 0.4) is 0 Å². The molecular weight excluding hydrogens is 319 g/mol. The minimum absolute atomic E-state index is 0.0436. The first kappa shape index (κ1) is 15.8. The van der Waals surface area contributed by atoms with Gasteiger partial charge in [-0.2, -0.15) is 4.39 Å². The van der Waals surface area contributed by atoms with E-state index in [0.717, 1.165) is 36.0 Å². The van der Waals surface area contributed by atoms with Gasteiger partial charge < -0.3 is 4.74 Å². The summed E-state index contributed by atoms with van der Waals surface area (Å²) in [7, 11) is 0. The van der Waals surface area contributed by atoms with E-state index in [4.69, 9.17) is 4.74 Å². The Bertz CT molecular complexity index is 789. The fourth-order valence-electron chi connectivity index (χ4n) is 3.69. The SMILES string of the molecule is O=C(OCc1ccccc1)N1C2C=C(c3ccc(F)nc3)CC1CC2. The number of carbonyl (C=O) groups excluding carboxylic acids is 1. The van der Waals surface area contributed by atoms with Gasteiger partial charge in [0.15, 0.2) is 0 Å². The maximum Gasteiger partial charge on any atom is 0.410 e. The van der Waals surface area contributed by atoms with Crippen LogP contribution in [0, 0.1) is 5.95 Å². The molecule has 0 N–H and O–H groups in total. The molecule has 0 saturated carbocycles. The van der Waals surface area contributed by atoms with Crippen LogP contribution < -0.4 is 0 Å². The second-order valence-corrected chi connectivity index (χ2v) is 6.51. The maximum absolute atomic E-state index is 13.0. The van der Waals surface area contributed by atoms with Crippen molar-refractivity contribution < 1.29 is 13.9 Å². The van der Waals surface area contributed by atoms with E-state index in [-0.39, 0.29) is 24.8 Å². The Labute approximate surface area is 145 Å². The number of amides is 1. The van der Waals surface area contributed by atoms with Gasteiger partial charge in [-0.1, -0.05) is 36.4 Å². The lowest BCUT2D eigenvalue weighted by molar-refractivity contribution is 0.0832. The number of benzene rings is 1. The summed E-state index contributed by atoms with van der Waals surface area (Å²) < 4.78 is 18.5. The first-order valence-corrected chi connectivity index (χ1v) is 8.52. The molecule has 4 rings (SSSR count). The number of rotatable bonds is 3. The number of ether oxygens (including phenoxy) is 1. The summed E-state index contributed by atoms with van der Waals surface area (Å²) in [6.07, 6.45) is 6.04. The Hall–Kier alpha value is -2.69. The summed E-state index contributed by atoms with van der Waals surface area (Å²) >= 11 is 0. The minimum Gasteiger partial charge on any atom is -0.445 e. The molecule has 1 fully saturated rings. The van der Waals surface area contributed by atoms with Gasteiger partial charge in [0.2, 0.25) is 5.95 Å². The summed E-state index contributed by atoms with van der Waals surface area (Å²) in [6, 6.07) is 13.0. The van der Waals surface area contributed by atoms with Crippen molar-refractivity contribution in [3.8, 4) is 0 Å². The molecule has 2 unspecified atom stereocenters. The van der Waals surface area contributed by atoms with E-state index in [2.05, 4.69) is 11.1 Å². The lowest BCUT2D eigenvalue weighted by atomic mass is 9.96. The van der Waals surface area contributed by atoms with Crippen LogP contribution in [0.4, 0.5) is 9.18 Å². The van der Waals surface area contributed by atoms with Crippen LogP contribution in [-0.4, -0.2) is 28.1 Å². The molecule has 25 heavy (non-hydrogen) atoms. The molecule has 5 heteroatoms. The predicted octanol–water partition coefficient (Wildman–Crippen LogP) is 4.18. The molecule has 1 amide bonds. The number of carbonyl (C=O) groups is 1. The van der Waals surface area contributed by atoms with Crippen LogP contribution in [0.1, 0.15) is 30.4 Å². The molecule has 1 aromatic carbocycles. The predicted molar refractivity (Wildman–Crippen MR) is 92.1 cm³/mol. The highest BCUT2D eigenvalue weighted by atomic mass is 19.1. The molecule has 2 aromatic rings. The minimum atomic E-state index is -0.478. The highest BCUT2D eigenvalue weighted by molar-refractivity contribution is 5.74. The van der Waals surface area contributed by atoms with Gasteiger partial charge in [0.1, 0.15) is 6.61 Å². The Balaban J connectivity index is 1.46. The van der Waals surface area contributed by atoms with Gasteiger partial charge in [0, 0.05) is 12.2 Å². The van der Waals surface area contributed by atoms with E-state index in [1.807, 2.05) is 35.2 Å². The van der Waals surface area contributed by atoms with Crippen LogP contribution in [0.5, 0.6) is 0 Å². The van der Waals surface area contributed by atoms with Crippen molar-refractivity contribution >= 4 is 11.7 Å². The molecule has 1 aromatic heterocycles. The van der Waals surface area contributed by atoms with Crippen molar-refractivity contribution in [3.63, 3.8) is 0 Å². The molecule has 2 aliphatic heterocycles. The average Bonchev–Trinajstić information content (AvgIpc) is 2.91. The Morgan fingerprint density at radius 1 is 1.20 bits per heavy atom. The van der Waals surface area contributed by atoms with Crippen molar-refractivity contribution in [2.24, 2.45) is 0 Å². The number of nitrogens with zero attached hydrogens (tertiary/aromatic N) is 2. The second-order valence-electron chi connectivity index (χ2n) is 6.51. The van der Waals surface area contributed by atoms with Gasteiger partial charge in [-0.15, -0.1) is 0 Å². The number of hydrogen-bond acceptors (Lipinski definition) is 3. The molecule has 3 heterocycles. The van der Waals surface area contributed by atoms with Crippen LogP contribution >= 0.6 is 0 Å². The summed E-state index contributed by atoms with van der Waals surface area (Å²) in [4.78, 5) is 18.1. The van der Waals surface area contributed by atoms with Crippen LogP contribution in [0.15, 0.2) is 54.7 Å². The zero-order valence-corrected chi connectivity index (χ0v) is 13.8. The molecule has 2 aliphatic rings. The third-order valence-electron chi connectivity index (χ3n) is 4.91. The number of hydrogen-bond donors (Lipinski definition) is 0. The molecule has 2 bridgehead atoms. The fraction of sp³-hybridized carbons (Fsp3) is 0.300. The highest BCUT2D eigenvalue weighted by Crippen LogP contribution is 2.38. The Morgan fingerprint density at radius 3 is 2.76 bits per heavy atom. The van der Waals surface area contributed by atoms with Gasteiger partial charge in [-0.3, -0.25) is 4.90 Å². The van der Waals surface area contributed by atoms with Gasteiger partial charge in [0.25, 0.3) is 0 Å². The van der Waals surface area contributed by atoms with E-state index in [0.29, 0.717) is 0 Å². The Kier molecular flexibility index (Phi) is 4.22. The zero-order valence-electron chi connectivity index (χ0n) is 13.8. The van der Waals surface area contributed by atoms with Crippen molar-refractivity contribution in [1.29, 1.82) is 0 Å². The number of fused-ring (bicyclic) bond motifs is 2. The first-order valence-electron chi connectivity index (χ1n) is 8.52. The zero-order chi connectivity index (χ0) is 17.2. The fourth-order valence-corrected chi connectivity index (χ4v) is 3.69. The highest BCUT2D eigenvalue weighted by Gasteiger charge is 2.40. The number of pyridine rings is 1. The van der Waals surface area contributed by atoms with Crippen molar-refractivity contribution in [3.05, 3.63) is 71.8 Å². The lowest BCUT2D eigenvalue weighted by Crippen LogP contribution is -2.43. The van der Waals surface area contributed by atoms with Crippen LogP contribution in [0.25, 0.3) is 5.57 Å². The standard InChI is InChI=1S/C20H19FN2O2/c21-19-9-6-15(12-22-19)16-10-17-7-8-18(11-16)23(17)20(24)25-13-14-4-2-1-3-5-14/h1-6,9-10,12,17-18H,7-8,11,13H2. The van der Waals surface area contributed by atoms with Gasteiger partial charge in [-0.25, -0.2) is 9.78 Å². The van der Waals surface area contributed by atoms with Gasteiger partial charge in [-0.05, 0) is 48.1 Å².